The third kappa shape index (κ3) is 2.56. The lowest BCUT2D eigenvalue weighted by atomic mass is 10.2. The maximum absolute atomic E-state index is 13.2. The summed E-state index contributed by atoms with van der Waals surface area (Å²) in [5.74, 6) is -2.03. The van der Waals surface area contributed by atoms with Crippen molar-refractivity contribution >= 4 is 32.1 Å². The van der Waals surface area contributed by atoms with Crippen LogP contribution in [-0.2, 0) is 15.0 Å². The second-order valence-electron chi connectivity index (χ2n) is 2.70. The van der Waals surface area contributed by atoms with Gasteiger partial charge in [0.25, 0.3) is 0 Å². The molecule has 0 fully saturated rings. The molecule has 0 radical (unpaired) electrons. The molecular formula is C8H5BrF2O4S. The molecule has 1 aromatic carbocycles. The largest absolute Gasteiger partial charge is 0.465 e. The number of rotatable bonds is 2. The van der Waals surface area contributed by atoms with E-state index in [1.54, 1.807) is 0 Å². The molecule has 8 heteroatoms. The van der Waals surface area contributed by atoms with Gasteiger partial charge in [-0.2, -0.15) is 8.42 Å². The van der Waals surface area contributed by atoms with E-state index < -0.39 is 31.4 Å². The average molecular weight is 315 g/mol. The molecule has 0 spiro atoms. The zero-order chi connectivity index (χ0) is 12.5. The Kier molecular flexibility index (Phi) is 3.64. The molecule has 1 rings (SSSR count). The molecule has 0 saturated carbocycles. The molecule has 0 saturated heterocycles. The topological polar surface area (TPSA) is 60.4 Å². The second-order valence-corrected chi connectivity index (χ2v) is 4.81. The van der Waals surface area contributed by atoms with Crippen molar-refractivity contribution in [2.24, 2.45) is 0 Å². The Hall–Kier alpha value is -1.02. The lowest BCUT2D eigenvalue weighted by molar-refractivity contribution is 0.0600. The van der Waals surface area contributed by atoms with Gasteiger partial charge in [-0.15, -0.1) is 3.89 Å². The molecule has 4 nitrogen and oxygen atoms in total. The van der Waals surface area contributed by atoms with Crippen LogP contribution in [0.4, 0.5) is 8.28 Å². The summed E-state index contributed by atoms with van der Waals surface area (Å²) in [5.41, 5.74) is -0.389. The monoisotopic (exact) mass is 314 g/mol. The van der Waals surface area contributed by atoms with Gasteiger partial charge in [-0.25, -0.2) is 9.18 Å². The normalized spacial score (nSPS) is 11.2. The zero-order valence-electron chi connectivity index (χ0n) is 7.83. The minimum absolute atomic E-state index is 0.389. The third-order valence-corrected chi connectivity index (χ3v) is 3.59. The van der Waals surface area contributed by atoms with Crippen LogP contribution in [0, 0.1) is 5.82 Å². The summed E-state index contributed by atoms with van der Waals surface area (Å²) in [6.45, 7) is 0. The molecule has 0 aliphatic heterocycles. The molecule has 16 heavy (non-hydrogen) atoms. The molecule has 0 amide bonds. The Labute approximate surface area is 98.6 Å². The summed E-state index contributed by atoms with van der Waals surface area (Å²) >= 11 is 2.57. The Balaban J connectivity index is 3.52. The van der Waals surface area contributed by atoms with Crippen LogP contribution < -0.4 is 0 Å². The standard InChI is InChI=1S/C8H5BrF2O4S/c1-15-8(12)4-2-5(10)7(9)6(3-4)16(11,13)14/h2-3H,1H3. The predicted molar refractivity (Wildman–Crippen MR) is 53.7 cm³/mol. The van der Waals surface area contributed by atoms with Crippen molar-refractivity contribution in [3.63, 3.8) is 0 Å². The van der Waals surface area contributed by atoms with Gasteiger partial charge < -0.3 is 4.74 Å². The van der Waals surface area contributed by atoms with E-state index in [2.05, 4.69) is 20.7 Å². The zero-order valence-corrected chi connectivity index (χ0v) is 10.2. The summed E-state index contributed by atoms with van der Waals surface area (Å²) in [6, 6.07) is 1.43. The van der Waals surface area contributed by atoms with Gasteiger partial charge in [-0.05, 0) is 28.1 Å². The van der Waals surface area contributed by atoms with Gasteiger partial charge in [0.2, 0.25) is 0 Å². The van der Waals surface area contributed by atoms with Crippen LogP contribution in [0.25, 0.3) is 0 Å². The van der Waals surface area contributed by atoms with Gasteiger partial charge in [0, 0.05) is 0 Å². The summed E-state index contributed by atoms with van der Waals surface area (Å²) in [4.78, 5) is 10.1. The Morgan fingerprint density at radius 3 is 2.44 bits per heavy atom. The molecule has 0 heterocycles. The number of hydrogen-bond acceptors (Lipinski definition) is 4. The van der Waals surface area contributed by atoms with E-state index in [1.807, 2.05) is 0 Å². The molecular weight excluding hydrogens is 310 g/mol. The lowest BCUT2D eigenvalue weighted by Gasteiger charge is -2.04. The maximum Gasteiger partial charge on any atom is 0.337 e. The van der Waals surface area contributed by atoms with Crippen molar-refractivity contribution in [3.05, 3.63) is 28.0 Å². The molecule has 0 aliphatic carbocycles. The summed E-state index contributed by atoms with van der Waals surface area (Å²) in [7, 11) is -4.08. The predicted octanol–water partition coefficient (Wildman–Crippen LogP) is 2.03. The summed E-state index contributed by atoms with van der Waals surface area (Å²) in [5, 5.41) is 0. The van der Waals surface area contributed by atoms with E-state index in [0.29, 0.717) is 6.07 Å². The van der Waals surface area contributed by atoms with E-state index in [1.165, 1.54) is 0 Å². The minimum atomic E-state index is -5.11. The maximum atomic E-state index is 13.2. The minimum Gasteiger partial charge on any atom is -0.465 e. The fourth-order valence-electron chi connectivity index (χ4n) is 0.977. The first kappa shape index (κ1) is 13.0. The number of esters is 1. The number of benzene rings is 1. The first-order valence-corrected chi connectivity index (χ1v) is 5.97. The van der Waals surface area contributed by atoms with Gasteiger partial charge in [-0.3, -0.25) is 0 Å². The number of carbonyl (C=O) groups excluding carboxylic acids is 1. The van der Waals surface area contributed by atoms with Gasteiger partial charge in [0.05, 0.1) is 17.1 Å². The molecule has 0 unspecified atom stereocenters. The highest BCUT2D eigenvalue weighted by molar-refractivity contribution is 9.10. The third-order valence-electron chi connectivity index (χ3n) is 1.68. The Morgan fingerprint density at radius 2 is 2.00 bits per heavy atom. The van der Waals surface area contributed by atoms with Gasteiger partial charge in [0.1, 0.15) is 10.7 Å². The van der Waals surface area contributed by atoms with Crippen molar-refractivity contribution < 1.29 is 26.2 Å². The fraction of sp³-hybridized carbons (Fsp3) is 0.125. The van der Waals surface area contributed by atoms with Crippen LogP contribution in [0.2, 0.25) is 0 Å². The highest BCUT2D eigenvalue weighted by Gasteiger charge is 2.22. The van der Waals surface area contributed by atoms with Crippen molar-refractivity contribution in [2.75, 3.05) is 7.11 Å². The lowest BCUT2D eigenvalue weighted by Crippen LogP contribution is -2.05. The Bertz CT molecular complexity index is 541. The van der Waals surface area contributed by atoms with E-state index in [0.717, 1.165) is 13.2 Å². The number of ether oxygens (including phenoxy) is 1. The summed E-state index contributed by atoms with van der Waals surface area (Å²) < 4.78 is 50.9. The number of carbonyl (C=O) groups is 1. The van der Waals surface area contributed by atoms with E-state index in [4.69, 9.17) is 0 Å². The van der Waals surface area contributed by atoms with Gasteiger partial charge in [0.15, 0.2) is 0 Å². The van der Waals surface area contributed by atoms with E-state index in [9.17, 15) is 21.5 Å². The van der Waals surface area contributed by atoms with E-state index >= 15 is 0 Å². The number of hydrogen-bond donors (Lipinski definition) is 0. The van der Waals surface area contributed by atoms with E-state index in [-0.39, 0.29) is 5.56 Å². The molecule has 0 bridgehead atoms. The summed E-state index contributed by atoms with van der Waals surface area (Å²) in [6.07, 6.45) is 0. The second kappa shape index (κ2) is 4.46. The van der Waals surface area contributed by atoms with Crippen LogP contribution in [0.1, 0.15) is 10.4 Å². The van der Waals surface area contributed by atoms with Crippen molar-refractivity contribution in [1.82, 2.24) is 0 Å². The SMILES string of the molecule is COC(=O)c1cc(F)c(Br)c(S(=O)(=O)F)c1. The van der Waals surface area contributed by atoms with Crippen LogP contribution >= 0.6 is 15.9 Å². The van der Waals surface area contributed by atoms with Crippen molar-refractivity contribution in [3.8, 4) is 0 Å². The van der Waals surface area contributed by atoms with Crippen LogP contribution in [0.15, 0.2) is 21.5 Å². The van der Waals surface area contributed by atoms with Crippen LogP contribution in [0.3, 0.4) is 0 Å². The number of halogens is 3. The molecule has 0 atom stereocenters. The van der Waals surface area contributed by atoms with Crippen LogP contribution in [0.5, 0.6) is 0 Å². The molecule has 88 valence electrons. The Morgan fingerprint density at radius 1 is 1.44 bits per heavy atom. The van der Waals surface area contributed by atoms with Gasteiger partial charge in [-0.1, -0.05) is 0 Å². The fourth-order valence-corrected chi connectivity index (χ4v) is 2.37. The molecule has 0 aromatic heterocycles. The smallest absolute Gasteiger partial charge is 0.337 e. The van der Waals surface area contributed by atoms with Gasteiger partial charge >= 0.3 is 16.2 Å². The highest BCUT2D eigenvalue weighted by Crippen LogP contribution is 2.28. The first-order valence-electron chi connectivity index (χ1n) is 3.79. The molecule has 0 N–H and O–H groups in total. The van der Waals surface area contributed by atoms with Crippen LogP contribution in [-0.4, -0.2) is 21.5 Å². The van der Waals surface area contributed by atoms with Crippen molar-refractivity contribution in [2.45, 2.75) is 4.90 Å². The average Bonchev–Trinajstić information content (AvgIpc) is 2.18. The first-order chi connectivity index (χ1) is 7.27. The highest BCUT2D eigenvalue weighted by atomic mass is 79.9. The quantitative estimate of drug-likeness (QED) is 0.619. The number of methoxy groups -OCH3 is 1. The molecule has 1 aromatic rings. The van der Waals surface area contributed by atoms with Crippen molar-refractivity contribution in [1.29, 1.82) is 0 Å². The molecule has 0 aliphatic rings.